The molecule has 18 heavy (non-hydrogen) atoms. The molecule has 3 nitrogen and oxygen atoms in total. The summed E-state index contributed by atoms with van der Waals surface area (Å²) in [5.74, 6) is -0.210. The lowest BCUT2D eigenvalue weighted by Crippen LogP contribution is -2.29. The summed E-state index contributed by atoms with van der Waals surface area (Å²) in [5, 5.41) is 3.46. The van der Waals surface area contributed by atoms with E-state index in [2.05, 4.69) is 52.4 Å². The SMILES string of the molecule is CC(Cc1ccc(Br)cc1)NCCCCC(N)=O. The molecule has 0 aliphatic rings. The summed E-state index contributed by atoms with van der Waals surface area (Å²) in [6, 6.07) is 8.84. The summed E-state index contributed by atoms with van der Waals surface area (Å²) >= 11 is 3.43. The molecule has 1 aromatic rings. The van der Waals surface area contributed by atoms with Crippen LogP contribution in [0.4, 0.5) is 0 Å². The number of rotatable bonds is 8. The van der Waals surface area contributed by atoms with Crippen LogP contribution in [0.1, 0.15) is 31.7 Å². The van der Waals surface area contributed by atoms with Crippen molar-refractivity contribution in [2.75, 3.05) is 6.54 Å². The van der Waals surface area contributed by atoms with Crippen LogP contribution in [0.25, 0.3) is 0 Å². The molecular weight excluding hydrogens is 292 g/mol. The van der Waals surface area contributed by atoms with Crippen LogP contribution < -0.4 is 11.1 Å². The molecule has 0 aliphatic carbocycles. The minimum atomic E-state index is -0.210. The van der Waals surface area contributed by atoms with Gasteiger partial charge >= 0.3 is 0 Å². The smallest absolute Gasteiger partial charge is 0.217 e. The molecule has 100 valence electrons. The number of amides is 1. The first-order chi connectivity index (χ1) is 8.58. The third-order valence-electron chi connectivity index (χ3n) is 2.80. The summed E-state index contributed by atoms with van der Waals surface area (Å²) in [5.41, 5.74) is 6.41. The highest BCUT2D eigenvalue weighted by molar-refractivity contribution is 9.10. The first-order valence-corrected chi connectivity index (χ1v) is 7.13. The molecule has 0 saturated heterocycles. The predicted molar refractivity (Wildman–Crippen MR) is 78.4 cm³/mol. The number of nitrogens with one attached hydrogen (secondary N) is 1. The zero-order chi connectivity index (χ0) is 13.4. The van der Waals surface area contributed by atoms with Crippen LogP contribution in [0, 0.1) is 0 Å². The molecule has 0 aliphatic heterocycles. The normalized spacial score (nSPS) is 12.3. The minimum Gasteiger partial charge on any atom is -0.370 e. The van der Waals surface area contributed by atoms with Crippen molar-refractivity contribution in [1.29, 1.82) is 0 Å². The van der Waals surface area contributed by atoms with Crippen molar-refractivity contribution in [3.8, 4) is 0 Å². The average molecular weight is 313 g/mol. The molecule has 0 fully saturated rings. The Morgan fingerprint density at radius 3 is 2.61 bits per heavy atom. The van der Waals surface area contributed by atoms with Crippen molar-refractivity contribution in [2.24, 2.45) is 5.73 Å². The van der Waals surface area contributed by atoms with Crippen molar-refractivity contribution in [2.45, 2.75) is 38.6 Å². The summed E-state index contributed by atoms with van der Waals surface area (Å²) in [4.78, 5) is 10.6. The van der Waals surface area contributed by atoms with Gasteiger partial charge in [0, 0.05) is 16.9 Å². The van der Waals surface area contributed by atoms with E-state index in [-0.39, 0.29) is 5.91 Å². The molecule has 0 saturated carbocycles. The predicted octanol–water partition coefficient (Wildman–Crippen LogP) is 2.63. The van der Waals surface area contributed by atoms with Crippen LogP contribution in [0.5, 0.6) is 0 Å². The average Bonchev–Trinajstić information content (AvgIpc) is 2.31. The van der Waals surface area contributed by atoms with Crippen LogP contribution in [-0.4, -0.2) is 18.5 Å². The van der Waals surface area contributed by atoms with Crippen LogP contribution in [0.3, 0.4) is 0 Å². The van der Waals surface area contributed by atoms with Crippen molar-refractivity contribution in [3.05, 3.63) is 34.3 Å². The molecule has 1 unspecified atom stereocenters. The molecule has 1 amide bonds. The van der Waals surface area contributed by atoms with E-state index < -0.39 is 0 Å². The summed E-state index contributed by atoms with van der Waals surface area (Å²) in [7, 11) is 0. The third-order valence-corrected chi connectivity index (χ3v) is 3.33. The van der Waals surface area contributed by atoms with E-state index in [0.717, 1.165) is 30.3 Å². The molecule has 0 spiro atoms. The standard InChI is InChI=1S/C14H21BrN2O/c1-11(17-9-3-2-4-14(16)18)10-12-5-7-13(15)8-6-12/h5-8,11,17H,2-4,9-10H2,1H3,(H2,16,18). The number of benzene rings is 1. The highest BCUT2D eigenvalue weighted by Gasteiger charge is 2.03. The number of carbonyl (C=O) groups excluding carboxylic acids is 1. The van der Waals surface area contributed by atoms with Crippen molar-refractivity contribution >= 4 is 21.8 Å². The molecule has 0 heterocycles. The number of carbonyl (C=O) groups is 1. The second-order valence-corrected chi connectivity index (χ2v) is 5.52. The fourth-order valence-electron chi connectivity index (χ4n) is 1.82. The highest BCUT2D eigenvalue weighted by Crippen LogP contribution is 2.11. The van der Waals surface area contributed by atoms with E-state index in [1.807, 2.05) is 0 Å². The van der Waals surface area contributed by atoms with Crippen molar-refractivity contribution in [3.63, 3.8) is 0 Å². The van der Waals surface area contributed by atoms with Crippen molar-refractivity contribution in [1.82, 2.24) is 5.32 Å². The Kier molecular flexibility index (Phi) is 6.98. The zero-order valence-corrected chi connectivity index (χ0v) is 12.4. The Hall–Kier alpha value is -0.870. The van der Waals surface area contributed by atoms with Gasteiger partial charge in [0.15, 0.2) is 0 Å². The van der Waals surface area contributed by atoms with Gasteiger partial charge in [0.05, 0.1) is 0 Å². The summed E-state index contributed by atoms with van der Waals surface area (Å²) in [6.07, 6.45) is 3.37. The number of nitrogens with two attached hydrogens (primary N) is 1. The highest BCUT2D eigenvalue weighted by atomic mass is 79.9. The van der Waals surface area contributed by atoms with Gasteiger partial charge in [0.2, 0.25) is 5.91 Å². The van der Waals surface area contributed by atoms with E-state index in [1.54, 1.807) is 0 Å². The molecule has 4 heteroatoms. The lowest BCUT2D eigenvalue weighted by Gasteiger charge is -2.13. The van der Waals surface area contributed by atoms with Gasteiger partial charge in [-0.25, -0.2) is 0 Å². The monoisotopic (exact) mass is 312 g/mol. The zero-order valence-electron chi connectivity index (χ0n) is 10.8. The Bertz CT molecular complexity index is 365. The molecular formula is C14H21BrN2O. The lowest BCUT2D eigenvalue weighted by molar-refractivity contribution is -0.118. The van der Waals surface area contributed by atoms with Gasteiger partial charge in [0.25, 0.3) is 0 Å². The van der Waals surface area contributed by atoms with Gasteiger partial charge in [-0.1, -0.05) is 28.1 Å². The van der Waals surface area contributed by atoms with E-state index in [1.165, 1.54) is 5.56 Å². The van der Waals surface area contributed by atoms with Gasteiger partial charge in [-0.2, -0.15) is 0 Å². The quantitative estimate of drug-likeness (QED) is 0.725. The summed E-state index contributed by atoms with van der Waals surface area (Å²) in [6.45, 7) is 3.11. The van der Waals surface area contributed by atoms with Gasteiger partial charge < -0.3 is 11.1 Å². The Morgan fingerprint density at radius 2 is 2.00 bits per heavy atom. The van der Waals surface area contributed by atoms with Gasteiger partial charge in [-0.3, -0.25) is 4.79 Å². The second-order valence-electron chi connectivity index (χ2n) is 4.61. The molecule has 1 atom stereocenters. The first-order valence-electron chi connectivity index (χ1n) is 6.34. The molecule has 0 radical (unpaired) electrons. The van der Waals surface area contributed by atoms with Crippen LogP contribution in [0.15, 0.2) is 28.7 Å². The number of primary amides is 1. The molecule has 0 aromatic heterocycles. The summed E-state index contributed by atoms with van der Waals surface area (Å²) < 4.78 is 1.11. The Morgan fingerprint density at radius 1 is 1.33 bits per heavy atom. The molecule has 3 N–H and O–H groups in total. The van der Waals surface area contributed by atoms with Gasteiger partial charge in [0.1, 0.15) is 0 Å². The molecule has 1 aromatic carbocycles. The molecule has 0 bridgehead atoms. The maximum absolute atomic E-state index is 10.6. The Balaban J connectivity index is 2.15. The van der Waals surface area contributed by atoms with E-state index in [0.29, 0.717) is 12.5 Å². The lowest BCUT2D eigenvalue weighted by atomic mass is 10.1. The minimum absolute atomic E-state index is 0.210. The maximum Gasteiger partial charge on any atom is 0.217 e. The van der Waals surface area contributed by atoms with E-state index in [9.17, 15) is 4.79 Å². The van der Waals surface area contributed by atoms with Gasteiger partial charge in [-0.15, -0.1) is 0 Å². The first kappa shape index (κ1) is 15.2. The van der Waals surface area contributed by atoms with Crippen LogP contribution in [-0.2, 0) is 11.2 Å². The Labute approximate surface area is 117 Å². The fourth-order valence-corrected chi connectivity index (χ4v) is 2.08. The number of hydrogen-bond acceptors (Lipinski definition) is 2. The number of unbranched alkanes of at least 4 members (excludes halogenated alkanes) is 1. The van der Waals surface area contributed by atoms with Gasteiger partial charge in [-0.05, 0) is 50.4 Å². The van der Waals surface area contributed by atoms with Crippen molar-refractivity contribution < 1.29 is 4.79 Å². The third kappa shape index (κ3) is 6.77. The largest absolute Gasteiger partial charge is 0.370 e. The van der Waals surface area contributed by atoms with Crippen LogP contribution in [0.2, 0.25) is 0 Å². The fraction of sp³-hybridized carbons (Fsp3) is 0.500. The van der Waals surface area contributed by atoms with E-state index >= 15 is 0 Å². The second kappa shape index (κ2) is 8.27. The molecule has 1 rings (SSSR count). The topological polar surface area (TPSA) is 55.1 Å². The maximum atomic E-state index is 10.6. The van der Waals surface area contributed by atoms with E-state index in [4.69, 9.17) is 5.73 Å². The number of halogens is 1. The van der Waals surface area contributed by atoms with Crippen LogP contribution >= 0.6 is 15.9 Å². The number of hydrogen-bond donors (Lipinski definition) is 2.